The highest BCUT2D eigenvalue weighted by Gasteiger charge is 2.30. The summed E-state index contributed by atoms with van der Waals surface area (Å²) in [4.78, 5) is 5.36. The molecule has 8 heteroatoms. The summed E-state index contributed by atoms with van der Waals surface area (Å²) in [6.45, 7) is 0.992. The smallest absolute Gasteiger partial charge is 0.231 e. The van der Waals surface area contributed by atoms with E-state index in [1.807, 2.05) is 17.5 Å². The maximum atomic E-state index is 11.6. The van der Waals surface area contributed by atoms with Crippen molar-refractivity contribution in [3.05, 3.63) is 23.4 Å². The van der Waals surface area contributed by atoms with Gasteiger partial charge in [-0.25, -0.2) is 12.7 Å². The molecule has 6 nitrogen and oxygen atoms in total. The molecule has 0 radical (unpaired) electrons. The lowest BCUT2D eigenvalue weighted by atomic mass is 10.00. The van der Waals surface area contributed by atoms with Gasteiger partial charge >= 0.3 is 0 Å². The molecule has 0 bridgehead atoms. The Kier molecular flexibility index (Phi) is 3.61. The minimum Gasteiger partial charge on any atom is -0.339 e. The highest BCUT2D eigenvalue weighted by atomic mass is 32.2. The number of hydrogen-bond acceptors (Lipinski definition) is 6. The van der Waals surface area contributed by atoms with Crippen LogP contribution in [0.5, 0.6) is 0 Å². The zero-order valence-electron chi connectivity index (χ0n) is 11.0. The van der Waals surface area contributed by atoms with Gasteiger partial charge < -0.3 is 4.52 Å². The molecular formula is C12H15N3O3S2. The van der Waals surface area contributed by atoms with Crippen LogP contribution in [0.2, 0.25) is 0 Å². The van der Waals surface area contributed by atoms with Crippen molar-refractivity contribution in [2.45, 2.75) is 18.8 Å². The molecule has 3 rings (SSSR count). The SMILES string of the molecule is CS(=O)(=O)N1CCCC(c2nc(-c3cccs3)no2)C1. The first-order chi connectivity index (χ1) is 9.54. The first-order valence-corrected chi connectivity index (χ1v) is 9.09. The maximum Gasteiger partial charge on any atom is 0.231 e. The van der Waals surface area contributed by atoms with Crippen molar-refractivity contribution in [3.63, 3.8) is 0 Å². The Morgan fingerprint density at radius 1 is 1.50 bits per heavy atom. The van der Waals surface area contributed by atoms with E-state index in [9.17, 15) is 8.42 Å². The van der Waals surface area contributed by atoms with Crippen LogP contribution in [0.4, 0.5) is 0 Å². The topological polar surface area (TPSA) is 76.3 Å². The Hall–Kier alpha value is -1.25. The van der Waals surface area contributed by atoms with Gasteiger partial charge in [0.1, 0.15) is 0 Å². The van der Waals surface area contributed by atoms with Crippen LogP contribution in [0, 0.1) is 0 Å². The van der Waals surface area contributed by atoms with Crippen LogP contribution in [-0.4, -0.2) is 42.2 Å². The highest BCUT2D eigenvalue weighted by Crippen LogP contribution is 2.29. The lowest BCUT2D eigenvalue weighted by Crippen LogP contribution is -2.38. The Balaban J connectivity index is 1.79. The van der Waals surface area contributed by atoms with Gasteiger partial charge in [-0.05, 0) is 24.3 Å². The van der Waals surface area contributed by atoms with E-state index < -0.39 is 10.0 Å². The Morgan fingerprint density at radius 2 is 2.35 bits per heavy atom. The zero-order chi connectivity index (χ0) is 14.2. The molecule has 2 aromatic rings. The first kappa shape index (κ1) is 13.7. The van der Waals surface area contributed by atoms with Crippen LogP contribution in [0.1, 0.15) is 24.7 Å². The van der Waals surface area contributed by atoms with Crippen molar-refractivity contribution in [1.82, 2.24) is 14.4 Å². The summed E-state index contributed by atoms with van der Waals surface area (Å²) in [5, 5.41) is 5.93. The number of thiophene rings is 1. The van der Waals surface area contributed by atoms with E-state index in [-0.39, 0.29) is 5.92 Å². The largest absolute Gasteiger partial charge is 0.339 e. The second kappa shape index (κ2) is 5.27. The normalized spacial score (nSPS) is 21.1. The molecule has 2 aromatic heterocycles. The van der Waals surface area contributed by atoms with E-state index in [2.05, 4.69) is 10.1 Å². The maximum absolute atomic E-state index is 11.6. The molecular weight excluding hydrogens is 298 g/mol. The number of nitrogens with zero attached hydrogens (tertiary/aromatic N) is 3. The summed E-state index contributed by atoms with van der Waals surface area (Å²) in [7, 11) is -3.16. The second-order valence-electron chi connectivity index (χ2n) is 4.89. The van der Waals surface area contributed by atoms with E-state index in [0.29, 0.717) is 24.8 Å². The van der Waals surface area contributed by atoms with Gasteiger partial charge in [-0.2, -0.15) is 4.98 Å². The molecule has 0 amide bonds. The van der Waals surface area contributed by atoms with E-state index in [0.717, 1.165) is 17.7 Å². The van der Waals surface area contributed by atoms with E-state index >= 15 is 0 Å². The van der Waals surface area contributed by atoms with Gasteiger partial charge in [0.05, 0.1) is 17.1 Å². The molecule has 0 aromatic carbocycles. The lowest BCUT2D eigenvalue weighted by Gasteiger charge is -2.28. The van der Waals surface area contributed by atoms with Crippen molar-refractivity contribution >= 4 is 21.4 Å². The van der Waals surface area contributed by atoms with Crippen LogP contribution in [0.25, 0.3) is 10.7 Å². The molecule has 1 atom stereocenters. The van der Waals surface area contributed by atoms with Crippen LogP contribution in [0.15, 0.2) is 22.0 Å². The zero-order valence-corrected chi connectivity index (χ0v) is 12.7. The third-order valence-corrected chi connectivity index (χ3v) is 5.52. The summed E-state index contributed by atoms with van der Waals surface area (Å²) in [6, 6.07) is 3.87. The molecule has 1 saturated heterocycles. The van der Waals surface area contributed by atoms with Crippen molar-refractivity contribution < 1.29 is 12.9 Å². The van der Waals surface area contributed by atoms with E-state index in [1.54, 1.807) is 11.3 Å². The fourth-order valence-electron chi connectivity index (χ4n) is 2.35. The quantitative estimate of drug-likeness (QED) is 0.865. The van der Waals surface area contributed by atoms with Crippen molar-refractivity contribution in [2.75, 3.05) is 19.3 Å². The molecule has 1 aliphatic heterocycles. The molecule has 108 valence electrons. The van der Waals surface area contributed by atoms with Gasteiger partial charge in [-0.15, -0.1) is 11.3 Å². The molecule has 1 fully saturated rings. The van der Waals surface area contributed by atoms with Gasteiger partial charge in [0.15, 0.2) is 0 Å². The predicted molar refractivity (Wildman–Crippen MR) is 76.0 cm³/mol. The molecule has 0 N–H and O–H groups in total. The lowest BCUT2D eigenvalue weighted by molar-refractivity contribution is 0.266. The van der Waals surface area contributed by atoms with E-state index in [4.69, 9.17) is 4.52 Å². The Morgan fingerprint density at radius 3 is 3.05 bits per heavy atom. The Bertz CT molecular complexity index is 679. The summed E-state index contributed by atoms with van der Waals surface area (Å²) in [6.07, 6.45) is 2.92. The fraction of sp³-hybridized carbons (Fsp3) is 0.500. The molecule has 20 heavy (non-hydrogen) atoms. The average molecular weight is 313 g/mol. The van der Waals surface area contributed by atoms with Crippen LogP contribution < -0.4 is 0 Å². The first-order valence-electron chi connectivity index (χ1n) is 6.36. The molecule has 1 aliphatic rings. The number of hydrogen-bond donors (Lipinski definition) is 0. The van der Waals surface area contributed by atoms with Gasteiger partial charge in [0, 0.05) is 13.1 Å². The minimum absolute atomic E-state index is 0.0142. The molecule has 0 saturated carbocycles. The van der Waals surface area contributed by atoms with Crippen LogP contribution in [-0.2, 0) is 10.0 Å². The fourth-order valence-corrected chi connectivity index (χ4v) is 3.91. The van der Waals surface area contributed by atoms with Gasteiger partial charge in [0.2, 0.25) is 21.7 Å². The van der Waals surface area contributed by atoms with Crippen molar-refractivity contribution in [2.24, 2.45) is 0 Å². The summed E-state index contributed by atoms with van der Waals surface area (Å²) >= 11 is 1.55. The van der Waals surface area contributed by atoms with Crippen molar-refractivity contribution in [1.29, 1.82) is 0 Å². The minimum atomic E-state index is -3.16. The van der Waals surface area contributed by atoms with Crippen LogP contribution in [0.3, 0.4) is 0 Å². The second-order valence-corrected chi connectivity index (χ2v) is 7.82. The monoisotopic (exact) mass is 313 g/mol. The summed E-state index contributed by atoms with van der Waals surface area (Å²) in [5.74, 6) is 1.09. The molecule has 1 unspecified atom stereocenters. The van der Waals surface area contributed by atoms with Gasteiger partial charge in [-0.3, -0.25) is 0 Å². The predicted octanol–water partition coefficient (Wildman–Crippen LogP) is 1.94. The van der Waals surface area contributed by atoms with Crippen molar-refractivity contribution in [3.8, 4) is 10.7 Å². The Labute approximate surface area is 121 Å². The van der Waals surface area contributed by atoms with Crippen LogP contribution >= 0.6 is 11.3 Å². The standard InChI is InChI=1S/C12H15N3O3S2/c1-20(16,17)15-6-2-4-9(8-15)12-13-11(14-18-12)10-5-3-7-19-10/h3,5,7,9H,2,4,6,8H2,1H3. The number of sulfonamides is 1. The summed E-state index contributed by atoms with van der Waals surface area (Å²) in [5.41, 5.74) is 0. The number of aromatic nitrogens is 2. The molecule has 0 aliphatic carbocycles. The van der Waals surface area contributed by atoms with Gasteiger partial charge in [-0.1, -0.05) is 11.2 Å². The summed E-state index contributed by atoms with van der Waals surface area (Å²) < 4.78 is 30.0. The van der Waals surface area contributed by atoms with Gasteiger partial charge in [0.25, 0.3) is 0 Å². The molecule has 0 spiro atoms. The third kappa shape index (κ3) is 2.77. The molecule has 3 heterocycles. The number of piperidine rings is 1. The third-order valence-electron chi connectivity index (χ3n) is 3.39. The van der Waals surface area contributed by atoms with E-state index in [1.165, 1.54) is 10.6 Å². The average Bonchev–Trinajstić information content (AvgIpc) is 3.09. The highest BCUT2D eigenvalue weighted by molar-refractivity contribution is 7.88. The number of rotatable bonds is 3.